The lowest BCUT2D eigenvalue weighted by Crippen LogP contribution is -2.44. The Kier molecular flexibility index (Phi) is 5.72. The molecule has 5 heteroatoms. The van der Waals surface area contributed by atoms with E-state index in [-0.39, 0.29) is 17.5 Å². The van der Waals surface area contributed by atoms with E-state index in [1.54, 1.807) is 12.1 Å². The van der Waals surface area contributed by atoms with Crippen LogP contribution in [0.5, 0.6) is 5.75 Å². The van der Waals surface area contributed by atoms with Crippen LogP contribution in [0.1, 0.15) is 37.7 Å². The van der Waals surface area contributed by atoms with Gasteiger partial charge < -0.3 is 9.64 Å². The standard InChI is InChI=1S/C19H27FN2O2/c1-24-18-6-5-15(13-17(18)20)14-21-11-7-16(8-12-21)19(23)22-9-3-2-4-10-22/h5-6,13,16H,2-4,7-12,14H2,1H3. The molecule has 0 aliphatic carbocycles. The molecular weight excluding hydrogens is 307 g/mol. The van der Waals surface area contributed by atoms with Gasteiger partial charge in [-0.3, -0.25) is 9.69 Å². The van der Waals surface area contributed by atoms with Gasteiger partial charge in [0.1, 0.15) is 0 Å². The van der Waals surface area contributed by atoms with Gasteiger partial charge in [0.2, 0.25) is 5.91 Å². The monoisotopic (exact) mass is 334 g/mol. The Labute approximate surface area is 143 Å². The average Bonchev–Trinajstić information content (AvgIpc) is 2.63. The lowest BCUT2D eigenvalue weighted by Gasteiger charge is -2.35. The summed E-state index contributed by atoms with van der Waals surface area (Å²) in [5.74, 6) is 0.492. The molecule has 0 saturated carbocycles. The molecule has 3 rings (SSSR count). The normalized spacial score (nSPS) is 20.2. The average molecular weight is 334 g/mol. The molecule has 0 spiro atoms. The van der Waals surface area contributed by atoms with Gasteiger partial charge in [0.25, 0.3) is 0 Å². The lowest BCUT2D eigenvalue weighted by molar-refractivity contribution is -0.138. The molecule has 1 amide bonds. The van der Waals surface area contributed by atoms with Gasteiger partial charge in [0.15, 0.2) is 11.6 Å². The molecule has 4 nitrogen and oxygen atoms in total. The molecule has 2 saturated heterocycles. The third-order valence-electron chi connectivity index (χ3n) is 5.23. The van der Waals surface area contributed by atoms with Crippen LogP contribution in [0.25, 0.3) is 0 Å². The predicted molar refractivity (Wildman–Crippen MR) is 91.4 cm³/mol. The summed E-state index contributed by atoms with van der Waals surface area (Å²) >= 11 is 0. The van der Waals surface area contributed by atoms with Gasteiger partial charge in [-0.05, 0) is 62.9 Å². The van der Waals surface area contributed by atoms with E-state index in [0.29, 0.717) is 5.91 Å². The zero-order valence-electron chi connectivity index (χ0n) is 14.5. The fourth-order valence-electron chi connectivity index (χ4n) is 3.78. The van der Waals surface area contributed by atoms with Gasteiger partial charge in [-0.15, -0.1) is 0 Å². The Hall–Kier alpha value is -1.62. The fourth-order valence-corrected chi connectivity index (χ4v) is 3.78. The van der Waals surface area contributed by atoms with Gasteiger partial charge in [0, 0.05) is 25.6 Å². The molecule has 1 aromatic rings. The van der Waals surface area contributed by atoms with Crippen LogP contribution in [0.3, 0.4) is 0 Å². The van der Waals surface area contributed by atoms with E-state index < -0.39 is 0 Å². The van der Waals surface area contributed by atoms with Crippen molar-refractivity contribution in [3.63, 3.8) is 0 Å². The van der Waals surface area contributed by atoms with Gasteiger partial charge >= 0.3 is 0 Å². The quantitative estimate of drug-likeness (QED) is 0.848. The first-order valence-electron chi connectivity index (χ1n) is 9.01. The van der Waals surface area contributed by atoms with Crippen LogP contribution in [0.4, 0.5) is 4.39 Å². The largest absolute Gasteiger partial charge is 0.494 e. The van der Waals surface area contributed by atoms with Gasteiger partial charge in [-0.2, -0.15) is 0 Å². The molecular formula is C19H27FN2O2. The topological polar surface area (TPSA) is 32.8 Å². The number of ether oxygens (including phenoxy) is 1. The van der Waals surface area contributed by atoms with E-state index in [1.807, 2.05) is 6.07 Å². The first-order valence-corrected chi connectivity index (χ1v) is 9.01. The first kappa shape index (κ1) is 17.2. The maximum absolute atomic E-state index is 13.8. The SMILES string of the molecule is COc1ccc(CN2CCC(C(=O)N3CCCCC3)CC2)cc1F. The van der Waals surface area contributed by atoms with Crippen LogP contribution in [0.15, 0.2) is 18.2 Å². The number of benzene rings is 1. The molecule has 0 N–H and O–H groups in total. The summed E-state index contributed by atoms with van der Waals surface area (Å²) in [6.07, 6.45) is 5.36. The summed E-state index contributed by atoms with van der Waals surface area (Å²) in [6.45, 7) is 4.40. The molecule has 2 heterocycles. The molecule has 0 unspecified atom stereocenters. The molecule has 2 aliphatic rings. The molecule has 0 atom stereocenters. The van der Waals surface area contributed by atoms with E-state index in [9.17, 15) is 9.18 Å². The van der Waals surface area contributed by atoms with Crippen molar-refractivity contribution in [3.8, 4) is 5.75 Å². The number of rotatable bonds is 4. The van der Waals surface area contributed by atoms with Crippen LogP contribution in [-0.4, -0.2) is 49.0 Å². The Morgan fingerprint density at radius 3 is 2.50 bits per heavy atom. The summed E-state index contributed by atoms with van der Waals surface area (Å²) in [5, 5.41) is 0. The zero-order valence-corrected chi connectivity index (χ0v) is 14.5. The number of methoxy groups -OCH3 is 1. The molecule has 132 valence electrons. The summed E-state index contributed by atoms with van der Waals surface area (Å²) in [4.78, 5) is 16.9. The van der Waals surface area contributed by atoms with E-state index in [1.165, 1.54) is 13.5 Å². The van der Waals surface area contributed by atoms with Crippen molar-refractivity contribution in [2.24, 2.45) is 5.92 Å². The summed E-state index contributed by atoms with van der Waals surface area (Å²) in [7, 11) is 1.47. The molecule has 0 radical (unpaired) electrons. The maximum atomic E-state index is 13.8. The van der Waals surface area contributed by atoms with Crippen molar-refractivity contribution < 1.29 is 13.9 Å². The predicted octanol–water partition coefficient (Wildman–Crippen LogP) is 3.06. The van der Waals surface area contributed by atoms with Gasteiger partial charge in [0.05, 0.1) is 7.11 Å². The lowest BCUT2D eigenvalue weighted by atomic mass is 9.94. The fraction of sp³-hybridized carbons (Fsp3) is 0.632. The van der Waals surface area contributed by atoms with Crippen molar-refractivity contribution in [1.82, 2.24) is 9.80 Å². The third-order valence-corrected chi connectivity index (χ3v) is 5.23. The van der Waals surface area contributed by atoms with Crippen LogP contribution in [-0.2, 0) is 11.3 Å². The van der Waals surface area contributed by atoms with Gasteiger partial charge in [-0.1, -0.05) is 6.07 Å². The van der Waals surface area contributed by atoms with Gasteiger partial charge in [-0.25, -0.2) is 4.39 Å². The third kappa shape index (κ3) is 4.07. The Bertz CT molecular complexity index is 564. The highest BCUT2D eigenvalue weighted by molar-refractivity contribution is 5.79. The highest BCUT2D eigenvalue weighted by Crippen LogP contribution is 2.24. The second kappa shape index (κ2) is 7.97. The van der Waals surface area contributed by atoms with E-state index in [2.05, 4.69) is 9.80 Å². The number of amides is 1. The number of hydrogen-bond acceptors (Lipinski definition) is 3. The number of likely N-dealkylation sites (tertiary alicyclic amines) is 2. The minimum absolute atomic E-state index is 0.173. The first-order chi connectivity index (χ1) is 11.7. The summed E-state index contributed by atoms with van der Waals surface area (Å²) in [6, 6.07) is 5.13. The molecule has 0 aromatic heterocycles. The molecule has 2 fully saturated rings. The van der Waals surface area contributed by atoms with Crippen molar-refractivity contribution >= 4 is 5.91 Å². The minimum atomic E-state index is -0.315. The molecule has 24 heavy (non-hydrogen) atoms. The summed E-state index contributed by atoms with van der Waals surface area (Å²) in [5.41, 5.74) is 0.953. The Morgan fingerprint density at radius 1 is 1.17 bits per heavy atom. The maximum Gasteiger partial charge on any atom is 0.225 e. The Balaban J connectivity index is 1.49. The second-order valence-electron chi connectivity index (χ2n) is 6.91. The molecule has 0 bridgehead atoms. The minimum Gasteiger partial charge on any atom is -0.494 e. The number of carbonyl (C=O) groups is 1. The van der Waals surface area contributed by atoms with Crippen molar-refractivity contribution in [2.75, 3.05) is 33.3 Å². The highest BCUT2D eigenvalue weighted by atomic mass is 19.1. The van der Waals surface area contributed by atoms with Crippen molar-refractivity contribution in [2.45, 2.75) is 38.6 Å². The van der Waals surface area contributed by atoms with Crippen molar-refractivity contribution in [3.05, 3.63) is 29.6 Å². The smallest absolute Gasteiger partial charge is 0.225 e. The number of hydrogen-bond donors (Lipinski definition) is 0. The van der Waals surface area contributed by atoms with Crippen LogP contribution < -0.4 is 4.74 Å². The number of carbonyl (C=O) groups excluding carboxylic acids is 1. The van der Waals surface area contributed by atoms with E-state index in [4.69, 9.17) is 4.74 Å². The summed E-state index contributed by atoms with van der Waals surface area (Å²) < 4.78 is 18.7. The number of piperidine rings is 2. The second-order valence-corrected chi connectivity index (χ2v) is 6.91. The van der Waals surface area contributed by atoms with Crippen molar-refractivity contribution in [1.29, 1.82) is 0 Å². The van der Waals surface area contributed by atoms with E-state index >= 15 is 0 Å². The van der Waals surface area contributed by atoms with Crippen LogP contribution >= 0.6 is 0 Å². The van der Waals surface area contributed by atoms with Crippen LogP contribution in [0, 0.1) is 11.7 Å². The zero-order chi connectivity index (χ0) is 16.9. The van der Waals surface area contributed by atoms with E-state index in [0.717, 1.165) is 64.0 Å². The highest BCUT2D eigenvalue weighted by Gasteiger charge is 2.29. The van der Waals surface area contributed by atoms with Crippen LogP contribution in [0.2, 0.25) is 0 Å². The Morgan fingerprint density at radius 2 is 1.88 bits per heavy atom. The molecule has 1 aromatic carbocycles. The number of nitrogens with zero attached hydrogens (tertiary/aromatic N) is 2. The number of halogens is 1. The molecule has 2 aliphatic heterocycles.